The third kappa shape index (κ3) is 4.10. The Hall–Kier alpha value is -2.57. The van der Waals surface area contributed by atoms with Gasteiger partial charge in [0.25, 0.3) is 0 Å². The average Bonchev–Trinajstić information content (AvgIpc) is 2.93. The minimum absolute atomic E-state index is 0.616. The predicted molar refractivity (Wildman–Crippen MR) is 102 cm³/mol. The van der Waals surface area contributed by atoms with E-state index < -0.39 is 0 Å². The molecule has 5 nitrogen and oxygen atoms in total. The quantitative estimate of drug-likeness (QED) is 0.480. The first-order valence-corrected chi connectivity index (χ1v) is 8.51. The molecule has 0 radical (unpaired) electrons. The fourth-order valence-corrected chi connectivity index (χ4v) is 2.97. The number of allylic oxidation sites excluding steroid dienone is 1. The molecule has 0 aliphatic heterocycles. The van der Waals surface area contributed by atoms with Crippen LogP contribution >= 0.6 is 12.2 Å². The van der Waals surface area contributed by atoms with Gasteiger partial charge in [0.05, 0.1) is 6.67 Å². The zero-order valence-electron chi connectivity index (χ0n) is 14.2. The maximum absolute atomic E-state index is 5.63. The van der Waals surface area contributed by atoms with Crippen LogP contribution in [0.1, 0.15) is 5.56 Å². The third-order valence-electron chi connectivity index (χ3n) is 3.82. The summed E-state index contributed by atoms with van der Waals surface area (Å²) in [4.78, 5) is 6.37. The topological polar surface area (TPSA) is 38.9 Å². The van der Waals surface area contributed by atoms with Gasteiger partial charge in [0.1, 0.15) is 0 Å². The highest BCUT2D eigenvalue weighted by molar-refractivity contribution is 7.71. The molecule has 128 valence electrons. The van der Waals surface area contributed by atoms with Crippen LogP contribution in [0.2, 0.25) is 0 Å². The van der Waals surface area contributed by atoms with Crippen LogP contribution in [0.3, 0.4) is 0 Å². The van der Waals surface area contributed by atoms with Crippen molar-refractivity contribution in [2.45, 2.75) is 19.8 Å². The van der Waals surface area contributed by atoms with E-state index in [1.54, 1.807) is 12.4 Å². The number of nitrogens with zero attached hydrogens (tertiary/aromatic N) is 5. The van der Waals surface area contributed by atoms with E-state index in [0.29, 0.717) is 18.0 Å². The molecule has 0 saturated carbocycles. The van der Waals surface area contributed by atoms with E-state index in [4.69, 9.17) is 17.3 Å². The minimum atomic E-state index is 0.616. The highest BCUT2D eigenvalue weighted by Crippen LogP contribution is 2.17. The molecule has 0 bridgehead atoms. The van der Waals surface area contributed by atoms with Gasteiger partial charge in [0, 0.05) is 31.0 Å². The number of benzene rings is 1. The average molecular weight is 351 g/mol. The van der Waals surface area contributed by atoms with Crippen molar-refractivity contribution in [3.63, 3.8) is 0 Å². The number of hydrogen-bond acceptors (Lipinski definition) is 4. The second-order valence-corrected chi connectivity index (χ2v) is 6.25. The van der Waals surface area contributed by atoms with E-state index in [-0.39, 0.29) is 0 Å². The molecule has 0 saturated heterocycles. The summed E-state index contributed by atoms with van der Waals surface area (Å²) < 4.78 is 4.51. The van der Waals surface area contributed by atoms with Gasteiger partial charge in [-0.3, -0.25) is 14.5 Å². The molecule has 0 aliphatic rings. The lowest BCUT2D eigenvalue weighted by molar-refractivity contribution is 0.244. The molecule has 3 aromatic rings. The molecule has 2 heterocycles. The molecular formula is C19H21N5S. The monoisotopic (exact) mass is 351 g/mol. The van der Waals surface area contributed by atoms with E-state index in [1.807, 2.05) is 45.7 Å². The summed E-state index contributed by atoms with van der Waals surface area (Å²) >= 11 is 5.63. The maximum Gasteiger partial charge on any atom is 0.199 e. The van der Waals surface area contributed by atoms with Crippen LogP contribution in [-0.2, 0) is 19.8 Å². The number of aromatic nitrogens is 4. The Morgan fingerprint density at radius 1 is 1.20 bits per heavy atom. The third-order valence-corrected chi connectivity index (χ3v) is 4.26. The summed E-state index contributed by atoms with van der Waals surface area (Å²) in [7, 11) is 2.06. The van der Waals surface area contributed by atoms with Crippen molar-refractivity contribution in [3.8, 4) is 11.4 Å². The summed E-state index contributed by atoms with van der Waals surface area (Å²) in [5.74, 6) is 0.811. The first-order chi connectivity index (χ1) is 12.2. The summed E-state index contributed by atoms with van der Waals surface area (Å²) in [5, 5.41) is 4.73. The lowest BCUT2D eigenvalue weighted by Gasteiger charge is -2.16. The summed E-state index contributed by atoms with van der Waals surface area (Å²) in [6, 6.07) is 14.2. The van der Waals surface area contributed by atoms with Gasteiger partial charge in [-0.2, -0.15) is 5.10 Å². The van der Waals surface area contributed by atoms with Crippen molar-refractivity contribution >= 4 is 12.2 Å². The van der Waals surface area contributed by atoms with Gasteiger partial charge in [0.2, 0.25) is 0 Å². The number of hydrogen-bond donors (Lipinski definition) is 0. The van der Waals surface area contributed by atoms with E-state index in [9.17, 15) is 0 Å². The smallest absolute Gasteiger partial charge is 0.199 e. The highest BCUT2D eigenvalue weighted by Gasteiger charge is 2.13. The Morgan fingerprint density at radius 3 is 2.68 bits per heavy atom. The largest absolute Gasteiger partial charge is 0.296 e. The number of pyridine rings is 1. The molecule has 1 aromatic carbocycles. The number of rotatable bonds is 7. The molecule has 0 N–H and O–H groups in total. The van der Waals surface area contributed by atoms with Crippen LogP contribution in [0, 0.1) is 4.77 Å². The zero-order chi connectivity index (χ0) is 17.6. The zero-order valence-corrected chi connectivity index (χ0v) is 15.1. The molecule has 0 spiro atoms. The fraction of sp³-hybridized carbons (Fsp3) is 0.211. The molecule has 25 heavy (non-hydrogen) atoms. The molecule has 0 aliphatic carbocycles. The van der Waals surface area contributed by atoms with Crippen molar-refractivity contribution in [3.05, 3.63) is 77.8 Å². The van der Waals surface area contributed by atoms with E-state index in [1.165, 1.54) is 5.56 Å². The van der Waals surface area contributed by atoms with Crippen molar-refractivity contribution in [2.75, 3.05) is 7.05 Å². The Kier molecular flexibility index (Phi) is 5.53. The van der Waals surface area contributed by atoms with Crippen LogP contribution in [0.4, 0.5) is 0 Å². The Bertz CT molecular complexity index is 883. The Labute approximate surface area is 152 Å². The van der Waals surface area contributed by atoms with Gasteiger partial charge in [-0.15, -0.1) is 6.58 Å². The molecule has 6 heteroatoms. The van der Waals surface area contributed by atoms with Crippen molar-refractivity contribution in [1.82, 2.24) is 24.2 Å². The summed E-state index contributed by atoms with van der Waals surface area (Å²) in [6.45, 7) is 5.89. The predicted octanol–water partition coefficient (Wildman–Crippen LogP) is 3.75. The van der Waals surface area contributed by atoms with Crippen LogP contribution in [0.25, 0.3) is 11.4 Å². The van der Waals surface area contributed by atoms with Crippen molar-refractivity contribution in [2.24, 2.45) is 0 Å². The van der Waals surface area contributed by atoms with Gasteiger partial charge < -0.3 is 0 Å². The summed E-state index contributed by atoms with van der Waals surface area (Å²) in [5.41, 5.74) is 2.20. The summed E-state index contributed by atoms with van der Waals surface area (Å²) in [6.07, 6.45) is 5.38. The van der Waals surface area contributed by atoms with Crippen LogP contribution in [0.15, 0.2) is 67.5 Å². The van der Waals surface area contributed by atoms with Crippen molar-refractivity contribution in [1.29, 1.82) is 0 Å². The highest BCUT2D eigenvalue weighted by atomic mass is 32.1. The molecule has 2 aromatic heterocycles. The van der Waals surface area contributed by atoms with Crippen LogP contribution in [0.5, 0.6) is 0 Å². The van der Waals surface area contributed by atoms with E-state index >= 15 is 0 Å². The maximum atomic E-state index is 5.63. The lowest BCUT2D eigenvalue weighted by Crippen LogP contribution is -2.22. The first-order valence-electron chi connectivity index (χ1n) is 8.10. The standard InChI is InChI=1S/C19H21N5S/c1-3-12-23-18(17-10-7-11-20-13-17)21-24(19(23)25)15-22(2)14-16-8-5-4-6-9-16/h3-11,13H,1,12,14-15H2,2H3. The van der Waals surface area contributed by atoms with Gasteiger partial charge in [-0.25, -0.2) is 4.68 Å². The van der Waals surface area contributed by atoms with Crippen LogP contribution in [-0.4, -0.2) is 31.3 Å². The first kappa shape index (κ1) is 17.3. The molecular weight excluding hydrogens is 330 g/mol. The molecule has 0 fully saturated rings. The van der Waals surface area contributed by atoms with E-state index in [2.05, 4.69) is 35.6 Å². The minimum Gasteiger partial charge on any atom is -0.296 e. The van der Waals surface area contributed by atoms with Crippen LogP contribution < -0.4 is 0 Å². The van der Waals surface area contributed by atoms with Gasteiger partial charge in [-0.05, 0) is 37.0 Å². The van der Waals surface area contributed by atoms with Gasteiger partial charge in [-0.1, -0.05) is 36.4 Å². The normalized spacial score (nSPS) is 11.0. The second-order valence-electron chi connectivity index (χ2n) is 5.89. The lowest BCUT2D eigenvalue weighted by atomic mass is 10.2. The van der Waals surface area contributed by atoms with E-state index in [0.717, 1.165) is 17.9 Å². The molecule has 0 atom stereocenters. The van der Waals surface area contributed by atoms with Gasteiger partial charge >= 0.3 is 0 Å². The van der Waals surface area contributed by atoms with Crippen molar-refractivity contribution < 1.29 is 0 Å². The Balaban J connectivity index is 1.86. The fourth-order valence-electron chi connectivity index (χ4n) is 2.71. The SMILES string of the molecule is C=CCn1c(-c2cccnc2)nn(CN(C)Cc2ccccc2)c1=S. The van der Waals surface area contributed by atoms with Gasteiger partial charge in [0.15, 0.2) is 10.6 Å². The molecule has 0 unspecified atom stereocenters. The second kappa shape index (κ2) is 8.00. The molecule has 3 rings (SSSR count). The molecule has 0 amide bonds. The Morgan fingerprint density at radius 2 is 2.00 bits per heavy atom.